The van der Waals surface area contributed by atoms with E-state index in [1.54, 1.807) is 6.07 Å². The van der Waals surface area contributed by atoms with Gasteiger partial charge in [0, 0.05) is 68.7 Å². The van der Waals surface area contributed by atoms with Crippen LogP contribution in [0.5, 0.6) is 0 Å². The number of aliphatic imine (C=N–C) groups is 1. The highest BCUT2D eigenvalue weighted by atomic mass is 35.5. The number of nitrogens with zero attached hydrogens (tertiary/aromatic N) is 3. The molecule has 0 bridgehead atoms. The molecular formula is C29H40Cl2FN5O. The SMILES string of the molecule is C=C/C(=C\N(C)C1CCN(C[C@@H]2COCCN2)CC1)C1=CC(CC(C)c2c(Cl)ccc(F)c2Cl)C(N)N=C1. The molecule has 0 amide bonds. The predicted octanol–water partition coefficient (Wildman–Crippen LogP) is 4.99. The van der Waals surface area contributed by atoms with Crippen molar-refractivity contribution in [2.45, 2.75) is 50.4 Å². The number of dihydropyridines is 1. The maximum absolute atomic E-state index is 14.1. The molecule has 3 unspecified atom stereocenters. The summed E-state index contributed by atoms with van der Waals surface area (Å²) in [6.07, 6.45) is 10.5. The second kappa shape index (κ2) is 13.6. The van der Waals surface area contributed by atoms with Gasteiger partial charge in [0.2, 0.25) is 0 Å². The molecule has 0 aromatic heterocycles. The summed E-state index contributed by atoms with van der Waals surface area (Å²) in [6, 6.07) is 3.74. The third kappa shape index (κ3) is 7.26. The number of piperidine rings is 1. The average molecular weight is 565 g/mol. The van der Waals surface area contributed by atoms with Crippen LogP contribution in [0.1, 0.15) is 37.7 Å². The minimum atomic E-state index is -0.467. The highest BCUT2D eigenvalue weighted by Crippen LogP contribution is 2.38. The Labute approximate surface area is 236 Å². The van der Waals surface area contributed by atoms with E-state index in [1.807, 2.05) is 19.2 Å². The Bertz CT molecular complexity index is 1060. The number of nitrogens with two attached hydrogens (primary N) is 1. The number of hydrogen-bond donors (Lipinski definition) is 2. The fourth-order valence-corrected chi connectivity index (χ4v) is 6.42. The Morgan fingerprint density at radius 1 is 1.37 bits per heavy atom. The molecule has 38 heavy (non-hydrogen) atoms. The lowest BCUT2D eigenvalue weighted by molar-refractivity contribution is 0.0539. The van der Waals surface area contributed by atoms with Crippen LogP contribution in [0.3, 0.4) is 0 Å². The van der Waals surface area contributed by atoms with Crippen LogP contribution < -0.4 is 11.1 Å². The summed E-state index contributed by atoms with van der Waals surface area (Å²) in [4.78, 5) is 9.42. The molecule has 2 fully saturated rings. The Morgan fingerprint density at radius 3 is 2.82 bits per heavy atom. The van der Waals surface area contributed by atoms with Crippen LogP contribution >= 0.6 is 23.2 Å². The van der Waals surface area contributed by atoms with Crippen molar-refractivity contribution in [1.29, 1.82) is 0 Å². The van der Waals surface area contributed by atoms with E-state index in [4.69, 9.17) is 33.7 Å². The van der Waals surface area contributed by atoms with Gasteiger partial charge in [-0.15, -0.1) is 0 Å². The van der Waals surface area contributed by atoms with Crippen LogP contribution in [0.15, 0.2) is 53.2 Å². The summed E-state index contributed by atoms with van der Waals surface area (Å²) in [7, 11) is 2.14. The lowest BCUT2D eigenvalue weighted by Gasteiger charge is -2.38. The average Bonchev–Trinajstić information content (AvgIpc) is 2.92. The molecule has 0 spiro atoms. The molecule has 9 heteroatoms. The maximum Gasteiger partial charge on any atom is 0.142 e. The summed E-state index contributed by atoms with van der Waals surface area (Å²) in [5, 5.41) is 4.09. The minimum absolute atomic E-state index is 0.0466. The monoisotopic (exact) mass is 563 g/mol. The molecule has 3 aliphatic heterocycles. The van der Waals surface area contributed by atoms with Gasteiger partial charge in [-0.3, -0.25) is 4.99 Å². The topological polar surface area (TPSA) is 66.1 Å². The van der Waals surface area contributed by atoms with Gasteiger partial charge in [0.05, 0.1) is 18.2 Å². The third-order valence-electron chi connectivity index (χ3n) is 7.92. The Balaban J connectivity index is 1.39. The van der Waals surface area contributed by atoms with Crippen molar-refractivity contribution in [2.75, 3.05) is 46.4 Å². The molecule has 4 rings (SSSR count). The standard InChI is InChI=1S/C29H40Cl2FN5O/c1-4-20(16-36(3)24-7-10-37(11-8-24)17-23-18-38-12-9-34-23)22-14-21(29(33)35-15-22)13-19(2)27-25(30)5-6-26(32)28(27)31/h4-6,14-16,19,21,23-24,29,34H,1,7-13,17-18,33H2,2-3H3/b20-16+/t19?,21?,23-,29?/m1/s1. The zero-order valence-corrected chi connectivity index (χ0v) is 23.9. The summed E-state index contributed by atoms with van der Waals surface area (Å²) >= 11 is 12.6. The summed E-state index contributed by atoms with van der Waals surface area (Å²) in [5.74, 6) is -0.604. The van der Waals surface area contributed by atoms with Crippen LogP contribution in [0.4, 0.5) is 4.39 Å². The minimum Gasteiger partial charge on any atom is -0.378 e. The van der Waals surface area contributed by atoms with Crippen LogP contribution in [-0.2, 0) is 4.74 Å². The van der Waals surface area contributed by atoms with E-state index in [2.05, 4.69) is 46.0 Å². The van der Waals surface area contributed by atoms with E-state index in [0.717, 1.165) is 63.4 Å². The van der Waals surface area contributed by atoms with Crippen molar-refractivity contribution in [2.24, 2.45) is 16.6 Å². The number of allylic oxidation sites excluding steroid dienone is 3. The Hall–Kier alpha value is -1.74. The van der Waals surface area contributed by atoms with E-state index < -0.39 is 5.82 Å². The summed E-state index contributed by atoms with van der Waals surface area (Å²) in [6.45, 7) is 11.8. The lowest BCUT2D eigenvalue weighted by Crippen LogP contribution is -2.51. The molecule has 3 heterocycles. The summed E-state index contributed by atoms with van der Waals surface area (Å²) in [5.41, 5.74) is 8.97. The highest BCUT2D eigenvalue weighted by molar-refractivity contribution is 6.36. The zero-order valence-electron chi connectivity index (χ0n) is 22.4. The molecule has 2 saturated heterocycles. The second-order valence-electron chi connectivity index (χ2n) is 10.7. The first-order valence-electron chi connectivity index (χ1n) is 13.5. The molecular weight excluding hydrogens is 524 g/mol. The molecule has 4 atom stereocenters. The van der Waals surface area contributed by atoms with E-state index in [0.29, 0.717) is 29.1 Å². The Kier molecular flexibility index (Phi) is 10.4. The van der Waals surface area contributed by atoms with Gasteiger partial charge in [-0.25, -0.2) is 4.39 Å². The molecule has 0 aliphatic carbocycles. The molecule has 1 aromatic carbocycles. The summed E-state index contributed by atoms with van der Waals surface area (Å²) < 4.78 is 19.7. The molecule has 0 saturated carbocycles. The smallest absolute Gasteiger partial charge is 0.142 e. The first kappa shape index (κ1) is 29.2. The number of hydrogen-bond acceptors (Lipinski definition) is 6. The van der Waals surface area contributed by atoms with Gasteiger partial charge in [0.25, 0.3) is 0 Å². The number of benzene rings is 1. The Morgan fingerprint density at radius 2 is 2.13 bits per heavy atom. The van der Waals surface area contributed by atoms with E-state index in [9.17, 15) is 4.39 Å². The maximum atomic E-state index is 14.1. The van der Waals surface area contributed by atoms with Gasteiger partial charge in [0.15, 0.2) is 0 Å². The largest absolute Gasteiger partial charge is 0.378 e. The first-order chi connectivity index (χ1) is 18.3. The number of nitrogens with one attached hydrogen (secondary N) is 1. The lowest BCUT2D eigenvalue weighted by atomic mass is 9.85. The zero-order chi connectivity index (χ0) is 27.2. The molecule has 0 radical (unpaired) electrons. The van der Waals surface area contributed by atoms with Crippen LogP contribution in [0.2, 0.25) is 10.0 Å². The first-order valence-corrected chi connectivity index (χ1v) is 14.3. The molecule has 6 nitrogen and oxygen atoms in total. The highest BCUT2D eigenvalue weighted by Gasteiger charge is 2.27. The van der Waals surface area contributed by atoms with Crippen molar-refractivity contribution in [1.82, 2.24) is 15.1 Å². The van der Waals surface area contributed by atoms with E-state index >= 15 is 0 Å². The molecule has 3 aliphatic rings. The van der Waals surface area contributed by atoms with Crippen molar-refractivity contribution in [3.05, 3.63) is 69.6 Å². The van der Waals surface area contributed by atoms with Gasteiger partial charge >= 0.3 is 0 Å². The molecule has 208 valence electrons. The van der Waals surface area contributed by atoms with Crippen LogP contribution in [0, 0.1) is 11.7 Å². The van der Waals surface area contributed by atoms with Crippen molar-refractivity contribution in [3.63, 3.8) is 0 Å². The number of likely N-dealkylation sites (tertiary alicyclic amines) is 1. The fraction of sp³-hybridized carbons (Fsp3) is 0.552. The second-order valence-corrected chi connectivity index (χ2v) is 11.4. The quantitative estimate of drug-likeness (QED) is 0.327. The van der Waals surface area contributed by atoms with Crippen LogP contribution in [0.25, 0.3) is 0 Å². The number of rotatable bonds is 9. The van der Waals surface area contributed by atoms with Crippen LogP contribution in [-0.4, -0.2) is 80.7 Å². The molecule has 3 N–H and O–H groups in total. The molecule has 1 aromatic rings. The van der Waals surface area contributed by atoms with E-state index in [1.165, 1.54) is 6.07 Å². The predicted molar refractivity (Wildman–Crippen MR) is 156 cm³/mol. The fourth-order valence-electron chi connectivity index (χ4n) is 5.68. The van der Waals surface area contributed by atoms with Crippen molar-refractivity contribution < 1.29 is 9.13 Å². The van der Waals surface area contributed by atoms with E-state index in [-0.39, 0.29) is 23.0 Å². The van der Waals surface area contributed by atoms with Gasteiger partial charge in [-0.1, -0.05) is 48.9 Å². The normalized spacial score (nSPS) is 26.2. The van der Waals surface area contributed by atoms with Crippen molar-refractivity contribution in [3.8, 4) is 0 Å². The van der Waals surface area contributed by atoms with Gasteiger partial charge in [0.1, 0.15) is 12.0 Å². The number of halogens is 3. The number of morpholine rings is 1. The van der Waals surface area contributed by atoms with Gasteiger partial charge in [-0.2, -0.15) is 0 Å². The van der Waals surface area contributed by atoms with Crippen molar-refractivity contribution >= 4 is 29.4 Å². The van der Waals surface area contributed by atoms with Gasteiger partial charge in [-0.05, 0) is 54.0 Å². The van der Waals surface area contributed by atoms with Gasteiger partial charge < -0.3 is 25.6 Å². The number of ether oxygens (including phenoxy) is 1. The third-order valence-corrected chi connectivity index (χ3v) is 8.64.